The van der Waals surface area contributed by atoms with Crippen LogP contribution < -0.4 is 0 Å². The van der Waals surface area contributed by atoms with E-state index in [9.17, 15) is 9.59 Å². The average Bonchev–Trinajstić information content (AvgIpc) is 3.18. The van der Waals surface area contributed by atoms with Crippen molar-refractivity contribution in [3.63, 3.8) is 0 Å². The molecule has 2 saturated heterocycles. The van der Waals surface area contributed by atoms with Crippen molar-refractivity contribution in [2.24, 2.45) is 5.92 Å². The van der Waals surface area contributed by atoms with Gasteiger partial charge in [0.25, 0.3) is 5.91 Å². The summed E-state index contributed by atoms with van der Waals surface area (Å²) in [5.74, 6) is 0.151. The normalized spacial score (nSPS) is 20.4. The molecule has 0 aliphatic carbocycles. The van der Waals surface area contributed by atoms with Crippen LogP contribution >= 0.6 is 22.9 Å². The van der Waals surface area contributed by atoms with Gasteiger partial charge in [0.05, 0.1) is 10.3 Å². The van der Waals surface area contributed by atoms with E-state index in [1.54, 1.807) is 11.3 Å². The van der Waals surface area contributed by atoms with Crippen molar-refractivity contribution in [1.29, 1.82) is 0 Å². The maximum Gasteiger partial charge on any atom is 0.253 e. The number of hydrogen-bond acceptors (Lipinski definition) is 4. The lowest BCUT2D eigenvalue weighted by Crippen LogP contribution is -2.52. The highest BCUT2D eigenvalue weighted by molar-refractivity contribution is 7.16. The topological polar surface area (TPSA) is 43.9 Å². The molecule has 2 fully saturated rings. The van der Waals surface area contributed by atoms with Crippen molar-refractivity contribution in [2.45, 2.75) is 26.3 Å². The zero-order valence-corrected chi connectivity index (χ0v) is 18.9. The number of nitrogens with zero attached hydrogens (tertiary/aromatic N) is 3. The van der Waals surface area contributed by atoms with E-state index in [1.807, 2.05) is 47.1 Å². The molecule has 0 radical (unpaired) electrons. The second kappa shape index (κ2) is 9.50. The summed E-state index contributed by atoms with van der Waals surface area (Å²) in [6.45, 7) is 7.41. The molecule has 0 spiro atoms. The molecule has 160 valence electrons. The Morgan fingerprint density at radius 2 is 1.73 bits per heavy atom. The third-order valence-corrected chi connectivity index (χ3v) is 7.26. The summed E-state index contributed by atoms with van der Waals surface area (Å²) in [7, 11) is 0. The molecule has 2 aliphatic rings. The minimum atomic E-state index is -0.0872. The van der Waals surface area contributed by atoms with Crippen molar-refractivity contribution < 1.29 is 9.59 Å². The number of halogens is 1. The number of hydrogen-bond donors (Lipinski definition) is 0. The molecule has 2 aromatic rings. The zero-order chi connectivity index (χ0) is 21.1. The Kier molecular flexibility index (Phi) is 6.76. The number of carbonyl (C=O) groups is 2. The van der Waals surface area contributed by atoms with Crippen LogP contribution in [0.5, 0.6) is 0 Å². The van der Waals surface area contributed by atoms with Gasteiger partial charge in [-0.1, -0.05) is 29.3 Å². The molecular weight excluding hydrogens is 418 g/mol. The number of piperidine rings is 1. The monoisotopic (exact) mass is 445 g/mol. The van der Waals surface area contributed by atoms with Crippen LogP contribution in [0.2, 0.25) is 4.34 Å². The van der Waals surface area contributed by atoms with Gasteiger partial charge in [-0.25, -0.2) is 0 Å². The first kappa shape index (κ1) is 21.3. The molecule has 1 atom stereocenters. The van der Waals surface area contributed by atoms with Crippen molar-refractivity contribution in [2.75, 3.05) is 39.3 Å². The molecule has 1 unspecified atom stereocenters. The smallest absolute Gasteiger partial charge is 0.253 e. The molecule has 0 N–H and O–H groups in total. The Labute approximate surface area is 187 Å². The summed E-state index contributed by atoms with van der Waals surface area (Å²) in [5.41, 5.74) is 1.84. The molecular formula is C23H28ClN3O2S. The van der Waals surface area contributed by atoms with Crippen LogP contribution in [0.4, 0.5) is 0 Å². The van der Waals surface area contributed by atoms with Crippen LogP contribution in [-0.2, 0) is 11.3 Å². The van der Waals surface area contributed by atoms with Gasteiger partial charge in [0.1, 0.15) is 0 Å². The van der Waals surface area contributed by atoms with Gasteiger partial charge in [-0.3, -0.25) is 14.5 Å². The van der Waals surface area contributed by atoms with Crippen LogP contribution in [-0.4, -0.2) is 65.8 Å². The lowest BCUT2D eigenvalue weighted by atomic mass is 9.95. The molecule has 3 heterocycles. The number of carbonyl (C=O) groups excluding carboxylic acids is 2. The minimum Gasteiger partial charge on any atom is -0.340 e. The first-order valence-corrected chi connectivity index (χ1v) is 11.8. The summed E-state index contributed by atoms with van der Waals surface area (Å²) < 4.78 is 0.820. The molecule has 5 nitrogen and oxygen atoms in total. The summed E-state index contributed by atoms with van der Waals surface area (Å²) in [5, 5.41) is 0. The van der Waals surface area contributed by atoms with Crippen molar-refractivity contribution in [3.05, 3.63) is 56.7 Å². The molecule has 30 heavy (non-hydrogen) atoms. The number of piperazine rings is 1. The molecule has 1 aromatic carbocycles. The fourth-order valence-corrected chi connectivity index (χ4v) is 5.41. The first-order valence-electron chi connectivity index (χ1n) is 10.6. The second-order valence-corrected chi connectivity index (χ2v) is 10.1. The predicted octanol–water partition coefficient (Wildman–Crippen LogP) is 3.91. The maximum absolute atomic E-state index is 13.1. The van der Waals surface area contributed by atoms with Crippen LogP contribution in [0.3, 0.4) is 0 Å². The van der Waals surface area contributed by atoms with Crippen molar-refractivity contribution in [1.82, 2.24) is 14.7 Å². The third-order valence-electron chi connectivity index (χ3n) is 6.05. The van der Waals surface area contributed by atoms with Gasteiger partial charge in [0, 0.05) is 56.3 Å². The summed E-state index contributed by atoms with van der Waals surface area (Å²) in [6.07, 6.45) is 1.75. The van der Waals surface area contributed by atoms with Crippen molar-refractivity contribution in [3.8, 4) is 0 Å². The van der Waals surface area contributed by atoms with E-state index in [0.717, 1.165) is 62.0 Å². The van der Waals surface area contributed by atoms with Gasteiger partial charge < -0.3 is 9.80 Å². The van der Waals surface area contributed by atoms with E-state index in [0.29, 0.717) is 12.1 Å². The molecule has 2 amide bonds. The van der Waals surface area contributed by atoms with Gasteiger partial charge in [-0.15, -0.1) is 11.3 Å². The number of rotatable bonds is 4. The van der Waals surface area contributed by atoms with Gasteiger partial charge >= 0.3 is 0 Å². The van der Waals surface area contributed by atoms with Gasteiger partial charge in [0.2, 0.25) is 5.91 Å². The van der Waals surface area contributed by atoms with E-state index in [-0.39, 0.29) is 17.7 Å². The summed E-state index contributed by atoms with van der Waals surface area (Å²) >= 11 is 7.65. The standard InChI is InChI=1S/C23H28ClN3O2S/c1-17-4-6-18(7-5-17)22(28)27-10-2-3-19(15-27)23(29)26-13-11-25(12-14-26)16-20-8-9-21(24)30-20/h4-9,19H,2-3,10-16H2,1H3. The van der Waals surface area contributed by atoms with E-state index in [2.05, 4.69) is 11.0 Å². The second-order valence-electron chi connectivity index (χ2n) is 8.26. The van der Waals surface area contributed by atoms with E-state index >= 15 is 0 Å². The Morgan fingerprint density at radius 3 is 2.40 bits per heavy atom. The predicted molar refractivity (Wildman–Crippen MR) is 121 cm³/mol. The van der Waals surface area contributed by atoms with Crippen LogP contribution in [0.1, 0.15) is 33.6 Å². The third kappa shape index (κ3) is 5.05. The lowest BCUT2D eigenvalue weighted by Gasteiger charge is -2.39. The number of thiophene rings is 1. The highest BCUT2D eigenvalue weighted by Crippen LogP contribution is 2.24. The Bertz CT molecular complexity index is 890. The molecule has 0 bridgehead atoms. The molecule has 4 rings (SSSR count). The minimum absolute atomic E-state index is 0.0342. The summed E-state index contributed by atoms with van der Waals surface area (Å²) in [4.78, 5) is 33.5. The van der Waals surface area contributed by atoms with Gasteiger partial charge in [0.15, 0.2) is 0 Å². The molecule has 2 aliphatic heterocycles. The van der Waals surface area contributed by atoms with Gasteiger partial charge in [-0.05, 0) is 44.0 Å². The SMILES string of the molecule is Cc1ccc(C(=O)N2CCCC(C(=O)N3CCN(Cc4ccc(Cl)s4)CC3)C2)cc1. The maximum atomic E-state index is 13.1. The van der Waals surface area contributed by atoms with Crippen LogP contribution in [0, 0.1) is 12.8 Å². The molecule has 1 aromatic heterocycles. The van der Waals surface area contributed by atoms with Gasteiger partial charge in [-0.2, -0.15) is 0 Å². The Morgan fingerprint density at radius 1 is 1.00 bits per heavy atom. The van der Waals surface area contributed by atoms with E-state index in [1.165, 1.54) is 4.88 Å². The van der Waals surface area contributed by atoms with E-state index in [4.69, 9.17) is 11.6 Å². The van der Waals surface area contributed by atoms with Crippen LogP contribution in [0.15, 0.2) is 36.4 Å². The average molecular weight is 446 g/mol. The lowest BCUT2D eigenvalue weighted by molar-refractivity contribution is -0.138. The molecule has 7 heteroatoms. The zero-order valence-electron chi connectivity index (χ0n) is 17.3. The van der Waals surface area contributed by atoms with E-state index < -0.39 is 0 Å². The number of amides is 2. The Balaban J connectivity index is 1.30. The Hall–Kier alpha value is -1.89. The summed E-state index contributed by atoms with van der Waals surface area (Å²) in [6, 6.07) is 11.7. The largest absolute Gasteiger partial charge is 0.340 e. The highest BCUT2D eigenvalue weighted by atomic mass is 35.5. The fourth-order valence-electron chi connectivity index (χ4n) is 4.28. The number of benzene rings is 1. The van der Waals surface area contributed by atoms with Crippen LogP contribution in [0.25, 0.3) is 0 Å². The molecule has 0 saturated carbocycles. The number of likely N-dealkylation sites (tertiary alicyclic amines) is 1. The number of aryl methyl sites for hydroxylation is 1. The quantitative estimate of drug-likeness (QED) is 0.716. The van der Waals surface area contributed by atoms with Crippen molar-refractivity contribution >= 4 is 34.8 Å². The first-order chi connectivity index (χ1) is 14.5. The fraction of sp³-hybridized carbons (Fsp3) is 0.478. The highest BCUT2D eigenvalue weighted by Gasteiger charge is 2.32.